The van der Waals surface area contributed by atoms with Crippen molar-refractivity contribution in [1.82, 2.24) is 30.3 Å². The molecule has 7 heteroatoms. The smallest absolute Gasteiger partial charge is 0.191 e. The molecule has 0 aromatic carbocycles. The van der Waals surface area contributed by atoms with Crippen LogP contribution in [0.1, 0.15) is 26.6 Å². The normalized spacial score (nSPS) is 13.1. The lowest BCUT2D eigenvalue weighted by atomic mass is 10.0. The third-order valence-corrected chi connectivity index (χ3v) is 3.97. The van der Waals surface area contributed by atoms with Crippen LogP contribution < -0.4 is 10.6 Å². The summed E-state index contributed by atoms with van der Waals surface area (Å²) in [4.78, 5) is 11.2. The van der Waals surface area contributed by atoms with E-state index in [0.29, 0.717) is 18.5 Å². The first kappa shape index (κ1) is 20.9. The molecule has 1 aromatic rings. The Hall–Kier alpha value is -2.15. The van der Waals surface area contributed by atoms with Gasteiger partial charge in [0, 0.05) is 39.3 Å². The van der Waals surface area contributed by atoms with E-state index in [1.807, 2.05) is 19.2 Å². The summed E-state index contributed by atoms with van der Waals surface area (Å²) in [6, 6.07) is 0.356. The Morgan fingerprint density at radius 1 is 1.32 bits per heavy atom. The van der Waals surface area contributed by atoms with Crippen LogP contribution in [0.25, 0.3) is 0 Å². The zero-order valence-electron chi connectivity index (χ0n) is 16.1. The van der Waals surface area contributed by atoms with Gasteiger partial charge in [-0.25, -0.2) is 9.98 Å². The maximum Gasteiger partial charge on any atom is 0.191 e. The average molecular weight is 348 g/mol. The number of nitrogens with zero attached hydrogens (tertiary/aromatic N) is 5. The fourth-order valence-corrected chi connectivity index (χ4v) is 2.62. The molecule has 0 aliphatic heterocycles. The molecule has 2 N–H and O–H groups in total. The van der Waals surface area contributed by atoms with Crippen LogP contribution in [-0.4, -0.2) is 57.8 Å². The first-order valence-electron chi connectivity index (χ1n) is 8.84. The standard InChI is InChI=1S/C18H33N7/c1-7-10-25(11-8-2)16(15(4)5)12-20-18(19-9-3)21-13-17-22-14-23-24(17)6/h7-8,14-16H,1-2,9-13H2,3-6H3,(H2,19,20,21). The van der Waals surface area contributed by atoms with Crippen molar-refractivity contribution in [1.29, 1.82) is 0 Å². The van der Waals surface area contributed by atoms with Crippen molar-refractivity contribution in [2.45, 2.75) is 33.4 Å². The van der Waals surface area contributed by atoms with E-state index in [-0.39, 0.29) is 0 Å². The minimum atomic E-state index is 0.356. The van der Waals surface area contributed by atoms with Crippen molar-refractivity contribution in [2.75, 3.05) is 26.2 Å². The Labute approximate surface area is 151 Å². The second kappa shape index (κ2) is 11.4. The summed E-state index contributed by atoms with van der Waals surface area (Å²) in [5.74, 6) is 2.11. The van der Waals surface area contributed by atoms with Crippen molar-refractivity contribution in [3.8, 4) is 0 Å². The summed E-state index contributed by atoms with van der Waals surface area (Å²) >= 11 is 0. The number of guanidine groups is 1. The van der Waals surface area contributed by atoms with Gasteiger partial charge in [0.2, 0.25) is 0 Å². The molecule has 0 aliphatic rings. The second-order valence-corrected chi connectivity index (χ2v) is 6.22. The minimum absolute atomic E-state index is 0.356. The lowest BCUT2D eigenvalue weighted by molar-refractivity contribution is 0.190. The second-order valence-electron chi connectivity index (χ2n) is 6.22. The van der Waals surface area contributed by atoms with Crippen LogP contribution in [0.5, 0.6) is 0 Å². The van der Waals surface area contributed by atoms with E-state index < -0.39 is 0 Å². The minimum Gasteiger partial charge on any atom is -0.357 e. The predicted octanol–water partition coefficient (Wildman–Crippen LogP) is 1.57. The molecular formula is C18H33N7. The van der Waals surface area contributed by atoms with Gasteiger partial charge in [-0.05, 0) is 12.8 Å². The number of hydrogen-bond donors (Lipinski definition) is 2. The summed E-state index contributed by atoms with van der Waals surface area (Å²) in [7, 11) is 1.87. The van der Waals surface area contributed by atoms with Gasteiger partial charge >= 0.3 is 0 Å². The largest absolute Gasteiger partial charge is 0.357 e. The number of aryl methyl sites for hydroxylation is 1. The van der Waals surface area contributed by atoms with Gasteiger partial charge in [0.15, 0.2) is 5.96 Å². The number of aliphatic imine (C=N–C) groups is 1. The lowest BCUT2D eigenvalue weighted by Crippen LogP contribution is -2.49. The molecule has 0 aliphatic carbocycles. The molecule has 140 valence electrons. The molecule has 0 amide bonds. The molecule has 1 aromatic heterocycles. The summed E-state index contributed by atoms with van der Waals surface area (Å²) < 4.78 is 1.74. The summed E-state index contributed by atoms with van der Waals surface area (Å²) in [6.07, 6.45) is 5.42. The highest BCUT2D eigenvalue weighted by molar-refractivity contribution is 5.79. The lowest BCUT2D eigenvalue weighted by Gasteiger charge is -2.33. The van der Waals surface area contributed by atoms with Crippen LogP contribution >= 0.6 is 0 Å². The summed E-state index contributed by atoms with van der Waals surface area (Å²) in [5.41, 5.74) is 0. The van der Waals surface area contributed by atoms with Crippen LogP contribution in [0.4, 0.5) is 0 Å². The average Bonchev–Trinajstić information content (AvgIpc) is 2.97. The van der Waals surface area contributed by atoms with Gasteiger partial charge in [-0.3, -0.25) is 9.58 Å². The van der Waals surface area contributed by atoms with E-state index in [1.54, 1.807) is 11.0 Å². The van der Waals surface area contributed by atoms with Gasteiger partial charge in [-0.15, -0.1) is 13.2 Å². The molecular weight excluding hydrogens is 314 g/mol. The maximum atomic E-state index is 4.61. The van der Waals surface area contributed by atoms with E-state index in [1.165, 1.54) is 0 Å². The summed E-state index contributed by atoms with van der Waals surface area (Å²) in [6.45, 7) is 18.0. The Morgan fingerprint density at radius 3 is 2.48 bits per heavy atom. The van der Waals surface area contributed by atoms with Gasteiger partial charge in [0.1, 0.15) is 18.7 Å². The Balaban J connectivity index is 2.75. The van der Waals surface area contributed by atoms with E-state index in [2.05, 4.69) is 64.5 Å². The van der Waals surface area contributed by atoms with Crippen LogP contribution in [-0.2, 0) is 13.6 Å². The molecule has 0 fully saturated rings. The van der Waals surface area contributed by atoms with Gasteiger partial charge in [-0.1, -0.05) is 26.0 Å². The third kappa shape index (κ3) is 7.09. The quantitative estimate of drug-likeness (QED) is 0.361. The molecule has 1 unspecified atom stereocenters. The third-order valence-electron chi connectivity index (χ3n) is 3.97. The topological polar surface area (TPSA) is 70.4 Å². The van der Waals surface area contributed by atoms with Crippen LogP contribution in [0.3, 0.4) is 0 Å². The van der Waals surface area contributed by atoms with Crippen molar-refractivity contribution in [3.05, 3.63) is 37.5 Å². The van der Waals surface area contributed by atoms with Gasteiger partial charge in [0.05, 0.1) is 0 Å². The molecule has 7 nitrogen and oxygen atoms in total. The predicted molar refractivity (Wildman–Crippen MR) is 104 cm³/mol. The molecule has 25 heavy (non-hydrogen) atoms. The fourth-order valence-electron chi connectivity index (χ4n) is 2.62. The monoisotopic (exact) mass is 347 g/mol. The molecule has 0 saturated carbocycles. The van der Waals surface area contributed by atoms with Crippen LogP contribution in [0.2, 0.25) is 0 Å². The molecule has 0 spiro atoms. The van der Waals surface area contributed by atoms with E-state index in [9.17, 15) is 0 Å². The zero-order valence-corrected chi connectivity index (χ0v) is 16.1. The first-order chi connectivity index (χ1) is 12.0. The molecule has 0 radical (unpaired) electrons. The van der Waals surface area contributed by atoms with E-state index in [0.717, 1.165) is 38.0 Å². The molecule has 0 saturated heterocycles. The van der Waals surface area contributed by atoms with Gasteiger partial charge in [-0.2, -0.15) is 5.10 Å². The Morgan fingerprint density at radius 2 is 2.00 bits per heavy atom. The van der Waals surface area contributed by atoms with Crippen molar-refractivity contribution >= 4 is 5.96 Å². The highest BCUT2D eigenvalue weighted by Gasteiger charge is 2.20. The maximum absolute atomic E-state index is 4.61. The van der Waals surface area contributed by atoms with Gasteiger partial charge in [0.25, 0.3) is 0 Å². The number of hydrogen-bond acceptors (Lipinski definition) is 4. The highest BCUT2D eigenvalue weighted by atomic mass is 15.3. The molecule has 1 rings (SSSR count). The van der Waals surface area contributed by atoms with Crippen molar-refractivity contribution in [2.24, 2.45) is 18.0 Å². The van der Waals surface area contributed by atoms with Crippen molar-refractivity contribution < 1.29 is 0 Å². The van der Waals surface area contributed by atoms with Crippen molar-refractivity contribution in [3.63, 3.8) is 0 Å². The Kier molecular flexibility index (Phi) is 9.54. The highest BCUT2D eigenvalue weighted by Crippen LogP contribution is 2.10. The zero-order chi connectivity index (χ0) is 18.7. The van der Waals surface area contributed by atoms with E-state index in [4.69, 9.17) is 0 Å². The van der Waals surface area contributed by atoms with E-state index >= 15 is 0 Å². The molecule has 0 bridgehead atoms. The van der Waals surface area contributed by atoms with Crippen LogP contribution in [0.15, 0.2) is 36.6 Å². The van der Waals surface area contributed by atoms with Gasteiger partial charge < -0.3 is 10.6 Å². The Bertz CT molecular complexity index is 537. The van der Waals surface area contributed by atoms with Crippen LogP contribution in [0, 0.1) is 5.92 Å². The number of aromatic nitrogens is 3. The fraction of sp³-hybridized carbons (Fsp3) is 0.611. The number of rotatable bonds is 11. The number of nitrogens with one attached hydrogen (secondary N) is 2. The SMILES string of the molecule is C=CCN(CC=C)C(CNC(=NCc1ncnn1C)NCC)C(C)C. The summed E-state index contributed by atoms with van der Waals surface area (Å²) in [5, 5.41) is 10.8. The molecule has 1 heterocycles. The first-order valence-corrected chi connectivity index (χ1v) is 8.84. The molecule has 1 atom stereocenters.